The summed E-state index contributed by atoms with van der Waals surface area (Å²) in [4.78, 5) is 24.9. The Labute approximate surface area is 239 Å². The van der Waals surface area contributed by atoms with Crippen LogP contribution in [-0.4, -0.2) is 12.2 Å². The predicted octanol–water partition coefficient (Wildman–Crippen LogP) is 8.16. The van der Waals surface area contributed by atoms with Gasteiger partial charge in [-0.2, -0.15) is 0 Å². The normalized spacial score (nSPS) is 10.7. The van der Waals surface area contributed by atoms with E-state index in [4.69, 9.17) is 13.6 Å². The molecule has 0 bridgehead atoms. The molecule has 0 saturated carbocycles. The van der Waals surface area contributed by atoms with Crippen molar-refractivity contribution in [1.29, 1.82) is 0 Å². The summed E-state index contributed by atoms with van der Waals surface area (Å²) in [6.45, 7) is 0. The third-order valence-electron chi connectivity index (χ3n) is 6.05. The number of methoxy groups -OCH3 is 1. The van der Waals surface area contributed by atoms with E-state index in [0.717, 1.165) is 20.1 Å². The summed E-state index contributed by atoms with van der Waals surface area (Å²) in [6, 6.07) is 24.7. The molecule has 0 aliphatic rings. The summed E-state index contributed by atoms with van der Waals surface area (Å²) < 4.78 is 18.0. The summed E-state index contributed by atoms with van der Waals surface area (Å²) in [5.74, 6) is 0.740. The van der Waals surface area contributed by atoms with Crippen molar-refractivity contribution in [2.45, 2.75) is 0 Å². The second-order valence-electron chi connectivity index (χ2n) is 8.51. The van der Waals surface area contributed by atoms with Crippen molar-refractivity contribution in [3.8, 4) is 33.8 Å². The molecule has 6 aromatic rings. The fraction of sp³-hybridized carbons (Fsp3) is 0.0323. The van der Waals surface area contributed by atoms with Gasteiger partial charge < -0.3 is 18.7 Å². The van der Waals surface area contributed by atoms with Crippen LogP contribution in [0.4, 0.5) is 0 Å². The van der Waals surface area contributed by atoms with Crippen LogP contribution in [0.15, 0.2) is 125 Å². The standard InChI is InChI=1S/C16H11BrO3.C15H9BrO3/c1-19-12-6-7-13-15(8-12)20-9-14(16(13)18)10-2-4-11(17)5-3-10;16-10-3-1-9(2-4-10)13-8-19-14-7-11(17)5-6-12(14)15(13)18/h2-9H,1H3;1-8,17H. The first-order valence-corrected chi connectivity index (χ1v) is 13.3. The first kappa shape index (κ1) is 26.5. The van der Waals surface area contributed by atoms with E-state index in [1.165, 1.54) is 24.7 Å². The number of benzene rings is 4. The third-order valence-corrected chi connectivity index (χ3v) is 7.11. The molecule has 4 aromatic carbocycles. The molecule has 6 nitrogen and oxygen atoms in total. The van der Waals surface area contributed by atoms with E-state index in [9.17, 15) is 14.7 Å². The number of phenols is 1. The van der Waals surface area contributed by atoms with Gasteiger partial charge in [0, 0.05) is 21.1 Å². The van der Waals surface area contributed by atoms with Crippen molar-refractivity contribution < 1.29 is 18.7 Å². The van der Waals surface area contributed by atoms with Crippen molar-refractivity contribution in [3.05, 3.63) is 127 Å². The lowest BCUT2D eigenvalue weighted by Crippen LogP contribution is -2.04. The quantitative estimate of drug-likeness (QED) is 0.208. The average Bonchev–Trinajstić information content (AvgIpc) is 2.95. The summed E-state index contributed by atoms with van der Waals surface area (Å²) in [6.07, 6.45) is 2.92. The molecule has 6 rings (SSSR count). The van der Waals surface area contributed by atoms with E-state index in [1.807, 2.05) is 48.5 Å². The van der Waals surface area contributed by atoms with Crippen molar-refractivity contribution in [1.82, 2.24) is 0 Å². The smallest absolute Gasteiger partial charge is 0.200 e. The van der Waals surface area contributed by atoms with Crippen LogP contribution >= 0.6 is 31.9 Å². The molecule has 0 radical (unpaired) electrons. The molecular weight excluding hydrogens is 628 g/mol. The molecule has 0 aliphatic carbocycles. The highest BCUT2D eigenvalue weighted by molar-refractivity contribution is 9.10. The van der Waals surface area contributed by atoms with Gasteiger partial charge in [0.15, 0.2) is 10.9 Å². The molecule has 0 atom stereocenters. The van der Waals surface area contributed by atoms with E-state index < -0.39 is 0 Å². The first-order valence-electron chi connectivity index (χ1n) is 11.7. The number of phenolic OH excluding ortho intramolecular Hbond substituents is 1. The summed E-state index contributed by atoms with van der Waals surface area (Å²) >= 11 is 6.73. The van der Waals surface area contributed by atoms with Gasteiger partial charge in [-0.3, -0.25) is 9.59 Å². The zero-order chi connectivity index (χ0) is 27.5. The summed E-state index contributed by atoms with van der Waals surface area (Å²) in [5.41, 5.74) is 3.44. The van der Waals surface area contributed by atoms with Gasteiger partial charge in [0.2, 0.25) is 0 Å². The van der Waals surface area contributed by atoms with Crippen LogP contribution in [0.1, 0.15) is 0 Å². The van der Waals surface area contributed by atoms with Crippen LogP contribution < -0.4 is 15.6 Å². The predicted molar refractivity (Wildman–Crippen MR) is 159 cm³/mol. The van der Waals surface area contributed by atoms with Crippen molar-refractivity contribution in [3.63, 3.8) is 0 Å². The SMILES string of the molecule is COc1ccc2c(=O)c(-c3ccc(Br)cc3)coc2c1.O=c1c(-c2ccc(Br)cc2)coc2cc(O)ccc12. The number of hydrogen-bond acceptors (Lipinski definition) is 6. The summed E-state index contributed by atoms with van der Waals surface area (Å²) in [5, 5.41) is 10.4. The minimum absolute atomic E-state index is 0.0452. The fourth-order valence-corrected chi connectivity index (χ4v) is 4.54. The van der Waals surface area contributed by atoms with E-state index in [2.05, 4.69) is 31.9 Å². The zero-order valence-corrected chi connectivity index (χ0v) is 23.7. The highest BCUT2D eigenvalue weighted by Gasteiger charge is 2.11. The molecule has 194 valence electrons. The number of hydrogen-bond donors (Lipinski definition) is 1. The Morgan fingerprint density at radius 1 is 0.641 bits per heavy atom. The molecule has 1 N–H and O–H groups in total. The maximum Gasteiger partial charge on any atom is 0.200 e. The van der Waals surface area contributed by atoms with Crippen LogP contribution in [0.5, 0.6) is 11.5 Å². The molecule has 0 spiro atoms. The van der Waals surface area contributed by atoms with E-state index in [0.29, 0.717) is 38.8 Å². The van der Waals surface area contributed by atoms with Gasteiger partial charge in [-0.1, -0.05) is 56.1 Å². The Morgan fingerprint density at radius 3 is 1.59 bits per heavy atom. The second-order valence-corrected chi connectivity index (χ2v) is 10.3. The van der Waals surface area contributed by atoms with Crippen LogP contribution in [0.2, 0.25) is 0 Å². The molecule has 0 fully saturated rings. The summed E-state index contributed by atoms with van der Waals surface area (Å²) in [7, 11) is 1.58. The molecule has 0 unspecified atom stereocenters. The monoisotopic (exact) mass is 646 g/mol. The molecule has 0 saturated heterocycles. The lowest BCUT2D eigenvalue weighted by molar-refractivity contribution is 0.414. The number of rotatable bonds is 3. The van der Waals surface area contributed by atoms with Crippen molar-refractivity contribution in [2.75, 3.05) is 7.11 Å². The Bertz CT molecular complexity index is 1910. The first-order chi connectivity index (χ1) is 18.8. The van der Waals surface area contributed by atoms with Crippen molar-refractivity contribution in [2.24, 2.45) is 0 Å². The molecule has 39 heavy (non-hydrogen) atoms. The van der Waals surface area contributed by atoms with Gasteiger partial charge >= 0.3 is 0 Å². The van der Waals surface area contributed by atoms with Gasteiger partial charge in [-0.25, -0.2) is 0 Å². The molecular formula is C31H20Br2O6. The zero-order valence-electron chi connectivity index (χ0n) is 20.5. The number of aromatic hydroxyl groups is 1. The van der Waals surface area contributed by atoms with E-state index in [1.54, 1.807) is 31.4 Å². The van der Waals surface area contributed by atoms with Crippen LogP contribution in [0.3, 0.4) is 0 Å². The van der Waals surface area contributed by atoms with E-state index >= 15 is 0 Å². The second kappa shape index (κ2) is 11.3. The van der Waals surface area contributed by atoms with E-state index in [-0.39, 0.29) is 16.6 Å². The van der Waals surface area contributed by atoms with Gasteiger partial charge in [0.05, 0.1) is 29.0 Å². The molecule has 0 aliphatic heterocycles. The topological polar surface area (TPSA) is 89.9 Å². The maximum absolute atomic E-state index is 12.5. The molecule has 8 heteroatoms. The van der Waals surface area contributed by atoms with Gasteiger partial charge in [-0.05, 0) is 59.7 Å². The Balaban J connectivity index is 0.000000158. The van der Waals surface area contributed by atoms with Gasteiger partial charge in [0.1, 0.15) is 35.2 Å². The van der Waals surface area contributed by atoms with Gasteiger partial charge in [-0.15, -0.1) is 0 Å². The minimum atomic E-state index is -0.108. The maximum atomic E-state index is 12.5. The van der Waals surface area contributed by atoms with Crippen molar-refractivity contribution >= 4 is 53.8 Å². The fourth-order valence-electron chi connectivity index (χ4n) is 4.01. The van der Waals surface area contributed by atoms with Crippen LogP contribution in [0.25, 0.3) is 44.2 Å². The molecule has 0 amide bonds. The average molecular weight is 648 g/mol. The lowest BCUT2D eigenvalue weighted by Gasteiger charge is -2.04. The highest BCUT2D eigenvalue weighted by Crippen LogP contribution is 2.25. The minimum Gasteiger partial charge on any atom is -0.508 e. The number of fused-ring (bicyclic) bond motifs is 2. The Kier molecular flexibility index (Phi) is 7.67. The van der Waals surface area contributed by atoms with Crippen LogP contribution in [-0.2, 0) is 0 Å². The largest absolute Gasteiger partial charge is 0.508 e. The van der Waals surface area contributed by atoms with Gasteiger partial charge in [0.25, 0.3) is 0 Å². The third kappa shape index (κ3) is 5.67. The Hall–Kier alpha value is -4.14. The highest BCUT2D eigenvalue weighted by atomic mass is 79.9. The number of ether oxygens (including phenoxy) is 1. The number of halogens is 2. The molecule has 2 heterocycles. The Morgan fingerprint density at radius 2 is 1.10 bits per heavy atom. The molecule has 2 aromatic heterocycles. The van der Waals surface area contributed by atoms with Crippen LogP contribution in [0, 0.1) is 0 Å². The lowest BCUT2D eigenvalue weighted by atomic mass is 10.1.